The van der Waals surface area contributed by atoms with Crippen molar-refractivity contribution in [3.8, 4) is 0 Å². The van der Waals surface area contributed by atoms with Gasteiger partial charge in [-0.25, -0.2) is 4.79 Å². The first-order valence-electron chi connectivity index (χ1n) is 5.68. The number of nitro groups is 1. The summed E-state index contributed by atoms with van der Waals surface area (Å²) < 4.78 is 0. The number of carboxylic acid groups (broad SMARTS) is 1. The van der Waals surface area contributed by atoms with Gasteiger partial charge in [0.1, 0.15) is 0 Å². The van der Waals surface area contributed by atoms with Gasteiger partial charge in [0.05, 0.1) is 16.2 Å². The second kappa shape index (κ2) is 5.75. The highest BCUT2D eigenvalue weighted by molar-refractivity contribution is 5.89. The minimum Gasteiger partial charge on any atom is -0.478 e. The van der Waals surface area contributed by atoms with Gasteiger partial charge in [0.25, 0.3) is 5.69 Å². The average Bonchev–Trinajstić information content (AvgIpc) is 2.45. The van der Waals surface area contributed by atoms with Gasteiger partial charge in [-0.15, -0.1) is 0 Å². The van der Waals surface area contributed by atoms with Crippen LogP contribution in [0.2, 0.25) is 0 Å². The normalized spacial score (nSPS) is 10.6. The highest BCUT2D eigenvalue weighted by Gasteiger charge is 2.04. The molecule has 0 atom stereocenters. The van der Waals surface area contributed by atoms with Gasteiger partial charge in [-0.3, -0.25) is 15.1 Å². The molecule has 0 aliphatic carbocycles. The van der Waals surface area contributed by atoms with Crippen molar-refractivity contribution in [2.75, 3.05) is 0 Å². The first-order chi connectivity index (χ1) is 9.56. The lowest BCUT2D eigenvalue weighted by atomic mass is 10.2. The fraction of sp³-hybridized carbons (Fsp3) is 0. The topological polar surface area (TPSA) is 92.8 Å². The van der Waals surface area contributed by atoms with Crippen molar-refractivity contribution in [1.29, 1.82) is 0 Å². The molecule has 0 aromatic heterocycles. The Kier molecular flexibility index (Phi) is 3.85. The van der Waals surface area contributed by atoms with Crippen LogP contribution in [-0.2, 0) is 0 Å². The number of aliphatic imine (C=N–C) groups is 1. The Morgan fingerprint density at radius 1 is 1.20 bits per heavy atom. The van der Waals surface area contributed by atoms with Crippen LogP contribution in [0.1, 0.15) is 15.9 Å². The molecule has 2 aromatic carbocycles. The number of nitrogens with zero attached hydrogens (tertiary/aromatic N) is 2. The van der Waals surface area contributed by atoms with Gasteiger partial charge >= 0.3 is 5.97 Å². The molecular weight excluding hydrogens is 260 g/mol. The van der Waals surface area contributed by atoms with Crippen molar-refractivity contribution in [2.24, 2.45) is 4.99 Å². The van der Waals surface area contributed by atoms with Crippen LogP contribution in [0.3, 0.4) is 0 Å². The van der Waals surface area contributed by atoms with E-state index in [-0.39, 0.29) is 11.3 Å². The Labute approximate surface area is 114 Å². The van der Waals surface area contributed by atoms with E-state index in [2.05, 4.69) is 4.99 Å². The predicted octanol–water partition coefficient (Wildman–Crippen LogP) is 3.04. The maximum Gasteiger partial charge on any atom is 0.335 e. The molecule has 1 N–H and O–H groups in total. The number of hydrogen-bond acceptors (Lipinski definition) is 4. The van der Waals surface area contributed by atoms with Gasteiger partial charge in [0, 0.05) is 18.3 Å². The SMILES string of the molecule is O=C(O)c1cccc(N=Cc2cccc([N+](=O)[O-])c2)c1. The number of nitro benzene ring substituents is 1. The Morgan fingerprint density at radius 3 is 2.65 bits per heavy atom. The predicted molar refractivity (Wildman–Crippen MR) is 73.8 cm³/mol. The van der Waals surface area contributed by atoms with Gasteiger partial charge in [-0.2, -0.15) is 0 Å². The number of carbonyl (C=O) groups is 1. The van der Waals surface area contributed by atoms with E-state index >= 15 is 0 Å². The summed E-state index contributed by atoms with van der Waals surface area (Å²) in [5, 5.41) is 19.5. The zero-order valence-electron chi connectivity index (χ0n) is 10.3. The van der Waals surface area contributed by atoms with Crippen LogP contribution in [0.5, 0.6) is 0 Å². The first kappa shape index (κ1) is 13.4. The molecule has 0 fully saturated rings. The molecule has 0 saturated carbocycles. The van der Waals surface area contributed by atoms with Gasteiger partial charge in [-0.1, -0.05) is 18.2 Å². The van der Waals surface area contributed by atoms with Crippen molar-refractivity contribution in [3.05, 3.63) is 69.8 Å². The van der Waals surface area contributed by atoms with E-state index in [4.69, 9.17) is 5.11 Å². The van der Waals surface area contributed by atoms with Crippen molar-refractivity contribution >= 4 is 23.6 Å². The van der Waals surface area contributed by atoms with E-state index in [9.17, 15) is 14.9 Å². The molecule has 0 radical (unpaired) electrons. The number of benzene rings is 2. The molecule has 6 nitrogen and oxygen atoms in total. The third-order valence-corrected chi connectivity index (χ3v) is 2.54. The molecule has 0 heterocycles. The summed E-state index contributed by atoms with van der Waals surface area (Å²) in [6, 6.07) is 12.2. The largest absolute Gasteiger partial charge is 0.478 e. The van der Waals surface area contributed by atoms with Crippen LogP contribution in [0.4, 0.5) is 11.4 Å². The summed E-state index contributed by atoms with van der Waals surface area (Å²) in [5.74, 6) is -1.03. The number of carboxylic acids is 1. The van der Waals surface area contributed by atoms with Gasteiger partial charge in [0.2, 0.25) is 0 Å². The van der Waals surface area contributed by atoms with E-state index in [1.54, 1.807) is 24.3 Å². The Bertz CT molecular complexity index is 636. The fourth-order valence-corrected chi connectivity index (χ4v) is 1.59. The van der Waals surface area contributed by atoms with Crippen molar-refractivity contribution in [3.63, 3.8) is 0 Å². The minimum absolute atomic E-state index is 0.0202. The highest BCUT2D eigenvalue weighted by Crippen LogP contribution is 2.16. The van der Waals surface area contributed by atoms with Crippen LogP contribution in [0.15, 0.2) is 53.5 Å². The van der Waals surface area contributed by atoms with E-state index in [0.29, 0.717) is 11.3 Å². The van der Waals surface area contributed by atoms with Gasteiger partial charge in [0.15, 0.2) is 0 Å². The molecule has 2 rings (SSSR count). The molecule has 2 aromatic rings. The first-order valence-corrected chi connectivity index (χ1v) is 5.68. The zero-order chi connectivity index (χ0) is 14.5. The third kappa shape index (κ3) is 3.26. The summed E-state index contributed by atoms with van der Waals surface area (Å²) in [6.07, 6.45) is 1.45. The fourth-order valence-electron chi connectivity index (χ4n) is 1.59. The molecule has 0 bridgehead atoms. The molecular formula is C14H10N2O4. The molecule has 100 valence electrons. The van der Waals surface area contributed by atoms with Crippen LogP contribution >= 0.6 is 0 Å². The second-order valence-electron chi connectivity index (χ2n) is 3.97. The van der Waals surface area contributed by atoms with E-state index in [0.717, 1.165) is 0 Å². The monoisotopic (exact) mass is 270 g/mol. The lowest BCUT2D eigenvalue weighted by molar-refractivity contribution is -0.384. The number of aromatic carboxylic acids is 1. The maximum absolute atomic E-state index is 10.8. The lowest BCUT2D eigenvalue weighted by Crippen LogP contribution is -1.94. The molecule has 0 unspecified atom stereocenters. The van der Waals surface area contributed by atoms with Crippen LogP contribution in [0, 0.1) is 10.1 Å². The number of rotatable bonds is 4. The van der Waals surface area contributed by atoms with E-state index in [1.165, 1.54) is 30.5 Å². The standard InChI is InChI=1S/C14H10N2O4/c17-14(18)11-4-2-5-12(8-11)15-9-10-3-1-6-13(7-10)16(19)20/h1-9H,(H,17,18). The zero-order valence-corrected chi connectivity index (χ0v) is 10.3. The summed E-state index contributed by atoms with van der Waals surface area (Å²) in [6.45, 7) is 0. The maximum atomic E-state index is 10.8. The van der Waals surface area contributed by atoms with Crippen LogP contribution in [0.25, 0.3) is 0 Å². The Balaban J connectivity index is 2.25. The minimum atomic E-state index is -1.03. The summed E-state index contributed by atoms with van der Waals surface area (Å²) in [5.41, 5.74) is 1.16. The smallest absolute Gasteiger partial charge is 0.335 e. The number of hydrogen-bond donors (Lipinski definition) is 1. The molecule has 0 aliphatic heterocycles. The molecule has 0 amide bonds. The van der Waals surface area contributed by atoms with E-state index < -0.39 is 10.9 Å². The quantitative estimate of drug-likeness (QED) is 0.525. The van der Waals surface area contributed by atoms with Crippen LogP contribution < -0.4 is 0 Å². The van der Waals surface area contributed by atoms with Crippen molar-refractivity contribution in [2.45, 2.75) is 0 Å². The van der Waals surface area contributed by atoms with E-state index in [1.807, 2.05) is 0 Å². The summed E-state index contributed by atoms with van der Waals surface area (Å²) in [4.78, 5) is 25.1. The lowest BCUT2D eigenvalue weighted by Gasteiger charge is -1.97. The molecule has 0 saturated heterocycles. The number of non-ortho nitro benzene ring substituents is 1. The summed E-state index contributed by atoms with van der Waals surface area (Å²) in [7, 11) is 0. The van der Waals surface area contributed by atoms with Crippen LogP contribution in [-0.4, -0.2) is 22.2 Å². The van der Waals surface area contributed by atoms with Gasteiger partial charge < -0.3 is 5.11 Å². The Morgan fingerprint density at radius 2 is 1.95 bits per heavy atom. The molecule has 20 heavy (non-hydrogen) atoms. The average molecular weight is 270 g/mol. The summed E-state index contributed by atoms with van der Waals surface area (Å²) >= 11 is 0. The third-order valence-electron chi connectivity index (χ3n) is 2.54. The van der Waals surface area contributed by atoms with Gasteiger partial charge in [-0.05, 0) is 23.8 Å². The molecule has 0 aliphatic rings. The Hall–Kier alpha value is -3.02. The molecule has 6 heteroatoms. The van der Waals surface area contributed by atoms with Crippen molar-refractivity contribution < 1.29 is 14.8 Å². The second-order valence-corrected chi connectivity index (χ2v) is 3.97. The van der Waals surface area contributed by atoms with Crippen molar-refractivity contribution in [1.82, 2.24) is 0 Å². The molecule has 0 spiro atoms. The highest BCUT2D eigenvalue weighted by atomic mass is 16.6.